The molecule has 0 aromatic heterocycles. The number of ketones is 1. The molecule has 0 N–H and O–H groups in total. The Balaban J connectivity index is 1.75. The van der Waals surface area contributed by atoms with Gasteiger partial charge < -0.3 is 9.47 Å². The van der Waals surface area contributed by atoms with Gasteiger partial charge in [0.25, 0.3) is 0 Å². The fraction of sp³-hybridized carbons (Fsp3) is 0.870. The second kappa shape index (κ2) is 6.84. The smallest absolute Gasteiger partial charge is 0.309 e. The Kier molecular flexibility index (Phi) is 4.86. The maximum atomic E-state index is 13.1. The summed E-state index contributed by atoms with van der Waals surface area (Å²) in [6.07, 6.45) is 7.18. The Bertz CT molecular complexity index is 686. The van der Waals surface area contributed by atoms with Gasteiger partial charge in [0.2, 0.25) is 0 Å². The molecule has 0 aliphatic heterocycles. The molecule has 5 heteroatoms. The van der Waals surface area contributed by atoms with Crippen LogP contribution in [0.3, 0.4) is 0 Å². The van der Waals surface area contributed by atoms with Gasteiger partial charge in [-0.1, -0.05) is 26.7 Å². The van der Waals surface area contributed by atoms with Crippen molar-refractivity contribution in [1.82, 2.24) is 0 Å². The number of Topliss-reactive ketones (excluding diaryl/α,β-unsaturated/α-hetero) is 1. The normalized spacial score (nSPS) is 47.5. The van der Waals surface area contributed by atoms with Gasteiger partial charge in [0.15, 0.2) is 0 Å². The third-order valence-electron chi connectivity index (χ3n) is 9.23. The Labute approximate surface area is 167 Å². The van der Waals surface area contributed by atoms with Crippen LogP contribution in [0.1, 0.15) is 72.1 Å². The summed E-state index contributed by atoms with van der Waals surface area (Å²) < 4.78 is 11.0. The van der Waals surface area contributed by atoms with E-state index in [1.54, 1.807) is 0 Å². The van der Waals surface area contributed by atoms with Gasteiger partial charge >= 0.3 is 11.9 Å². The van der Waals surface area contributed by atoms with Crippen LogP contribution in [0.2, 0.25) is 0 Å². The van der Waals surface area contributed by atoms with E-state index in [1.807, 2.05) is 0 Å². The zero-order valence-electron chi connectivity index (χ0n) is 17.7. The summed E-state index contributed by atoms with van der Waals surface area (Å²) in [6.45, 7) is 5.88. The van der Waals surface area contributed by atoms with Crippen LogP contribution in [0.4, 0.5) is 0 Å². The number of ether oxygens (including phenoxy) is 2. The first kappa shape index (κ1) is 19.9. The monoisotopic (exact) mass is 390 g/mol. The van der Waals surface area contributed by atoms with Gasteiger partial charge in [-0.3, -0.25) is 14.4 Å². The Morgan fingerprint density at radius 2 is 1.82 bits per heavy atom. The number of carbonyl (C=O) groups excluding carboxylic acids is 3. The minimum atomic E-state index is -0.446. The number of esters is 2. The fourth-order valence-corrected chi connectivity index (χ4v) is 7.94. The highest BCUT2D eigenvalue weighted by Crippen LogP contribution is 2.67. The van der Waals surface area contributed by atoms with Crippen molar-refractivity contribution in [3.05, 3.63) is 0 Å². The Morgan fingerprint density at radius 1 is 1.07 bits per heavy atom. The minimum absolute atomic E-state index is 0.00132. The Morgan fingerprint density at radius 3 is 2.50 bits per heavy atom. The van der Waals surface area contributed by atoms with Crippen molar-refractivity contribution in [3.8, 4) is 0 Å². The molecule has 0 heterocycles. The highest BCUT2D eigenvalue weighted by molar-refractivity contribution is 5.83. The van der Waals surface area contributed by atoms with Crippen molar-refractivity contribution in [2.75, 3.05) is 7.11 Å². The van der Waals surface area contributed by atoms with E-state index in [4.69, 9.17) is 9.47 Å². The lowest BCUT2D eigenvalue weighted by Gasteiger charge is -2.61. The first-order chi connectivity index (χ1) is 13.2. The quantitative estimate of drug-likeness (QED) is 0.668. The average molecular weight is 391 g/mol. The molecule has 0 saturated heterocycles. The highest BCUT2D eigenvalue weighted by Gasteiger charge is 2.66. The first-order valence-corrected chi connectivity index (χ1v) is 11.0. The van der Waals surface area contributed by atoms with Crippen LogP contribution in [0.5, 0.6) is 0 Å². The summed E-state index contributed by atoms with van der Waals surface area (Å²) in [4.78, 5) is 37.7. The maximum absolute atomic E-state index is 13.1. The fourth-order valence-electron chi connectivity index (χ4n) is 7.94. The molecule has 0 aromatic rings. The first-order valence-electron chi connectivity index (χ1n) is 11.0. The van der Waals surface area contributed by atoms with Crippen LogP contribution in [-0.4, -0.2) is 30.9 Å². The lowest BCUT2D eigenvalue weighted by atomic mass is 9.44. The minimum Gasteiger partial charge on any atom is -0.469 e. The molecule has 0 radical (unpaired) electrons. The van der Waals surface area contributed by atoms with Gasteiger partial charge in [-0.15, -0.1) is 0 Å². The molecule has 4 rings (SSSR count). The molecule has 0 spiro atoms. The maximum Gasteiger partial charge on any atom is 0.309 e. The van der Waals surface area contributed by atoms with Crippen molar-refractivity contribution in [2.24, 2.45) is 40.4 Å². The predicted molar refractivity (Wildman–Crippen MR) is 103 cm³/mol. The van der Waals surface area contributed by atoms with Crippen molar-refractivity contribution in [2.45, 2.75) is 78.2 Å². The summed E-state index contributed by atoms with van der Waals surface area (Å²) in [5, 5.41) is 0. The van der Waals surface area contributed by atoms with Crippen LogP contribution >= 0.6 is 0 Å². The van der Waals surface area contributed by atoms with Crippen LogP contribution in [0, 0.1) is 40.4 Å². The molecule has 4 aliphatic carbocycles. The van der Waals surface area contributed by atoms with E-state index in [2.05, 4.69) is 13.8 Å². The summed E-state index contributed by atoms with van der Waals surface area (Å²) in [5.74, 6) is 0.734. The molecule has 0 aromatic carbocycles. The predicted octanol–water partition coefficient (Wildman–Crippen LogP) is 3.93. The average Bonchev–Trinajstić information content (AvgIpc) is 3.00. The third kappa shape index (κ3) is 2.68. The van der Waals surface area contributed by atoms with Gasteiger partial charge in [0.05, 0.1) is 13.0 Å². The van der Waals surface area contributed by atoms with Crippen LogP contribution in [-0.2, 0) is 23.9 Å². The van der Waals surface area contributed by atoms with E-state index in [1.165, 1.54) is 20.5 Å². The van der Waals surface area contributed by atoms with E-state index in [0.29, 0.717) is 24.0 Å². The molecule has 6 unspecified atom stereocenters. The van der Waals surface area contributed by atoms with Gasteiger partial charge in [0, 0.05) is 24.7 Å². The second-order valence-electron chi connectivity index (χ2n) is 10.2. The molecule has 28 heavy (non-hydrogen) atoms. The highest BCUT2D eigenvalue weighted by atomic mass is 16.5. The second-order valence-corrected chi connectivity index (χ2v) is 10.2. The standard InChI is InChI=1S/C23H34O5/c1-13(24)28-20-12-18-14(11-19(25)16-7-5-6-10-22(16,18)2)15-8-9-17(21(26)27-4)23(15,20)3/h14-18,20H,5-12H2,1-4H3/t14?,15?,16-,17?,18?,20+,22?,23?/m1/s1. The van der Waals surface area contributed by atoms with Gasteiger partial charge in [-0.25, -0.2) is 0 Å². The lowest BCUT2D eigenvalue weighted by molar-refractivity contribution is -0.196. The van der Waals surface area contributed by atoms with E-state index >= 15 is 0 Å². The topological polar surface area (TPSA) is 69.7 Å². The number of hydrogen-bond acceptors (Lipinski definition) is 5. The molecule has 0 amide bonds. The van der Waals surface area contributed by atoms with Crippen LogP contribution < -0.4 is 0 Å². The molecular formula is C23H34O5. The molecule has 4 fully saturated rings. The number of fused-ring (bicyclic) bond motifs is 5. The van der Waals surface area contributed by atoms with Crippen LogP contribution in [0.25, 0.3) is 0 Å². The third-order valence-corrected chi connectivity index (χ3v) is 9.23. The van der Waals surface area contributed by atoms with Crippen molar-refractivity contribution >= 4 is 17.7 Å². The lowest BCUT2D eigenvalue weighted by Crippen LogP contribution is -2.61. The molecular weight excluding hydrogens is 356 g/mol. The number of hydrogen-bond donors (Lipinski definition) is 0. The van der Waals surface area contributed by atoms with Gasteiger partial charge in [-0.05, 0) is 55.3 Å². The van der Waals surface area contributed by atoms with Gasteiger partial charge in [-0.2, -0.15) is 0 Å². The Hall–Kier alpha value is -1.39. The number of carbonyl (C=O) groups is 3. The molecule has 5 nitrogen and oxygen atoms in total. The largest absolute Gasteiger partial charge is 0.469 e. The molecule has 8 atom stereocenters. The molecule has 4 saturated carbocycles. The zero-order chi connectivity index (χ0) is 20.3. The van der Waals surface area contributed by atoms with Crippen molar-refractivity contribution in [1.29, 1.82) is 0 Å². The number of rotatable bonds is 2. The van der Waals surface area contributed by atoms with E-state index in [-0.39, 0.29) is 41.2 Å². The summed E-state index contributed by atoms with van der Waals surface area (Å²) in [5.41, 5.74) is -0.445. The van der Waals surface area contributed by atoms with E-state index in [0.717, 1.165) is 38.5 Å². The number of methoxy groups -OCH3 is 1. The zero-order valence-corrected chi connectivity index (χ0v) is 17.7. The molecule has 156 valence electrons. The molecule has 4 aliphatic rings. The van der Waals surface area contributed by atoms with E-state index in [9.17, 15) is 14.4 Å². The summed E-state index contributed by atoms with van der Waals surface area (Å²) in [6, 6.07) is 0. The summed E-state index contributed by atoms with van der Waals surface area (Å²) >= 11 is 0. The molecule has 0 bridgehead atoms. The van der Waals surface area contributed by atoms with Crippen molar-refractivity contribution < 1.29 is 23.9 Å². The van der Waals surface area contributed by atoms with Crippen molar-refractivity contribution in [3.63, 3.8) is 0 Å². The SMILES string of the molecule is COC(=O)C1CCC2C3CC(=O)[C@H]4CCCCC4(C)C3C[C@H](OC(C)=O)C12C. The van der Waals surface area contributed by atoms with Crippen LogP contribution in [0.15, 0.2) is 0 Å². The summed E-state index contributed by atoms with van der Waals surface area (Å²) in [7, 11) is 1.43. The van der Waals surface area contributed by atoms with E-state index < -0.39 is 5.41 Å². The van der Waals surface area contributed by atoms with Gasteiger partial charge in [0.1, 0.15) is 11.9 Å².